The smallest absolute Gasteiger partial charge is 0.229 e. The van der Waals surface area contributed by atoms with Crippen LogP contribution in [-0.2, 0) is 15.4 Å². The molecule has 4 nitrogen and oxygen atoms in total. The van der Waals surface area contributed by atoms with Gasteiger partial charge in [0.25, 0.3) is 0 Å². The highest BCUT2D eigenvalue weighted by molar-refractivity contribution is 7.92. The van der Waals surface area contributed by atoms with Crippen LogP contribution >= 0.6 is 11.6 Å². The van der Waals surface area contributed by atoms with E-state index in [1.807, 2.05) is 12.1 Å². The van der Waals surface area contributed by atoms with Gasteiger partial charge in [0.05, 0.1) is 17.0 Å². The summed E-state index contributed by atoms with van der Waals surface area (Å²) < 4.78 is 25.7. The van der Waals surface area contributed by atoms with Crippen molar-refractivity contribution in [3.8, 4) is 0 Å². The molecule has 0 saturated carbocycles. The van der Waals surface area contributed by atoms with Gasteiger partial charge in [0.2, 0.25) is 10.0 Å². The summed E-state index contributed by atoms with van der Waals surface area (Å²) in [5, 5.41) is 0.434. The van der Waals surface area contributed by atoms with E-state index in [0.717, 1.165) is 31.3 Å². The molecule has 1 aromatic rings. The molecule has 1 aromatic carbocycles. The lowest BCUT2D eigenvalue weighted by atomic mass is 9.68. The first-order valence-corrected chi connectivity index (χ1v) is 11.9. The maximum absolute atomic E-state index is 11.6. The van der Waals surface area contributed by atoms with Crippen molar-refractivity contribution in [3.05, 3.63) is 28.8 Å². The molecule has 0 amide bonds. The Morgan fingerprint density at radius 1 is 1.31 bits per heavy atom. The maximum Gasteiger partial charge on any atom is 0.229 e. The van der Waals surface area contributed by atoms with Crippen LogP contribution < -0.4 is 4.72 Å². The number of hydrogen-bond donors (Lipinski definition) is 1. The standard InChI is InChI=1S/C20H33ClN2O2S/c1-5-6-7-8-12-23-13-11-20(3,16(2)15-23)17-9-10-18(21)19(14-17)22-26(4,24)25/h9-10,14,16,22H,5-8,11-13,15H2,1-4H3. The zero-order valence-corrected chi connectivity index (χ0v) is 18.1. The average molecular weight is 401 g/mol. The lowest BCUT2D eigenvalue weighted by molar-refractivity contribution is 0.109. The number of nitrogens with zero attached hydrogens (tertiary/aromatic N) is 1. The van der Waals surface area contributed by atoms with E-state index >= 15 is 0 Å². The lowest BCUT2D eigenvalue weighted by Crippen LogP contribution is -2.47. The van der Waals surface area contributed by atoms with Crippen LogP contribution in [0.4, 0.5) is 5.69 Å². The van der Waals surface area contributed by atoms with Crippen LogP contribution in [0.2, 0.25) is 5.02 Å². The first-order chi connectivity index (χ1) is 12.2. The number of likely N-dealkylation sites (tertiary alicyclic amines) is 1. The van der Waals surface area contributed by atoms with E-state index in [9.17, 15) is 8.42 Å². The number of piperidine rings is 1. The third kappa shape index (κ3) is 5.61. The Bertz CT molecular complexity index is 708. The molecule has 0 bridgehead atoms. The second kappa shape index (κ2) is 8.94. The predicted octanol–water partition coefficient (Wildman–Crippen LogP) is 4.89. The van der Waals surface area contributed by atoms with E-state index in [2.05, 4.69) is 30.4 Å². The maximum atomic E-state index is 11.6. The zero-order chi connectivity index (χ0) is 19.4. The first-order valence-electron chi connectivity index (χ1n) is 9.66. The van der Waals surface area contributed by atoms with Gasteiger partial charge in [-0.2, -0.15) is 0 Å². The van der Waals surface area contributed by atoms with Crippen LogP contribution in [0.1, 0.15) is 58.4 Å². The van der Waals surface area contributed by atoms with Gasteiger partial charge in [-0.3, -0.25) is 4.72 Å². The summed E-state index contributed by atoms with van der Waals surface area (Å²) in [5.41, 5.74) is 1.66. The van der Waals surface area contributed by atoms with Gasteiger partial charge in [0, 0.05) is 6.54 Å². The van der Waals surface area contributed by atoms with Crippen LogP contribution in [0.25, 0.3) is 0 Å². The Kier molecular flexibility index (Phi) is 7.40. The van der Waals surface area contributed by atoms with Crippen molar-refractivity contribution in [2.75, 3.05) is 30.6 Å². The second-order valence-corrected chi connectivity index (χ2v) is 10.2. The Morgan fingerprint density at radius 3 is 2.65 bits per heavy atom. The van der Waals surface area contributed by atoms with E-state index in [4.69, 9.17) is 11.6 Å². The molecular weight excluding hydrogens is 368 g/mol. The van der Waals surface area contributed by atoms with Crippen molar-refractivity contribution in [3.63, 3.8) is 0 Å². The van der Waals surface area contributed by atoms with Gasteiger partial charge < -0.3 is 4.90 Å². The number of anilines is 1. The van der Waals surface area contributed by atoms with Gasteiger partial charge in [-0.1, -0.05) is 57.7 Å². The van der Waals surface area contributed by atoms with E-state index in [1.165, 1.54) is 32.2 Å². The molecule has 0 radical (unpaired) electrons. The first kappa shape index (κ1) is 21.5. The molecule has 1 fully saturated rings. The van der Waals surface area contributed by atoms with Gasteiger partial charge in [0.1, 0.15) is 0 Å². The highest BCUT2D eigenvalue weighted by Gasteiger charge is 2.38. The molecule has 26 heavy (non-hydrogen) atoms. The summed E-state index contributed by atoms with van der Waals surface area (Å²) in [5.74, 6) is 0.495. The van der Waals surface area contributed by atoms with Crippen molar-refractivity contribution < 1.29 is 8.42 Å². The summed E-state index contributed by atoms with van der Waals surface area (Å²) in [6, 6.07) is 5.76. The predicted molar refractivity (Wildman–Crippen MR) is 112 cm³/mol. The quantitative estimate of drug-likeness (QED) is 0.632. The molecule has 1 heterocycles. The number of halogens is 1. The largest absolute Gasteiger partial charge is 0.303 e. The fraction of sp³-hybridized carbons (Fsp3) is 0.700. The summed E-state index contributed by atoms with van der Waals surface area (Å²) in [6.45, 7) is 10.2. The van der Waals surface area contributed by atoms with Gasteiger partial charge in [0.15, 0.2) is 0 Å². The summed E-state index contributed by atoms with van der Waals surface area (Å²) >= 11 is 6.19. The molecule has 1 aliphatic heterocycles. The minimum absolute atomic E-state index is 0.0262. The van der Waals surface area contributed by atoms with Crippen LogP contribution in [0.3, 0.4) is 0 Å². The molecule has 0 aliphatic carbocycles. The number of benzene rings is 1. The number of hydrogen-bond acceptors (Lipinski definition) is 3. The van der Waals surface area contributed by atoms with E-state index < -0.39 is 10.0 Å². The summed E-state index contributed by atoms with van der Waals surface area (Å²) in [4.78, 5) is 2.58. The SMILES string of the molecule is CCCCCCN1CCC(C)(c2ccc(Cl)c(NS(C)(=O)=O)c2)C(C)C1. The second-order valence-electron chi connectivity index (χ2n) is 8.00. The van der Waals surface area contributed by atoms with Crippen molar-refractivity contribution in [1.29, 1.82) is 0 Å². The van der Waals surface area contributed by atoms with Crippen molar-refractivity contribution >= 4 is 27.3 Å². The van der Waals surface area contributed by atoms with Gasteiger partial charge >= 0.3 is 0 Å². The number of sulfonamides is 1. The Labute approximate surface area is 164 Å². The molecule has 0 aromatic heterocycles. The van der Waals surface area contributed by atoms with Gasteiger partial charge in [-0.15, -0.1) is 0 Å². The molecule has 1 aliphatic rings. The van der Waals surface area contributed by atoms with Gasteiger partial charge in [-0.25, -0.2) is 8.42 Å². The summed E-state index contributed by atoms with van der Waals surface area (Å²) in [6.07, 6.45) is 7.41. The van der Waals surface area contributed by atoms with Crippen LogP contribution in [0.5, 0.6) is 0 Å². The van der Waals surface area contributed by atoms with Crippen LogP contribution in [-0.4, -0.2) is 39.2 Å². The van der Waals surface area contributed by atoms with Crippen LogP contribution in [0.15, 0.2) is 18.2 Å². The number of unbranched alkanes of at least 4 members (excludes halogenated alkanes) is 3. The van der Waals surface area contributed by atoms with E-state index in [-0.39, 0.29) is 5.41 Å². The highest BCUT2D eigenvalue weighted by atomic mass is 35.5. The molecule has 2 atom stereocenters. The fourth-order valence-electron chi connectivity index (χ4n) is 3.87. The molecule has 1 N–H and O–H groups in total. The monoisotopic (exact) mass is 400 g/mol. The third-order valence-electron chi connectivity index (χ3n) is 5.82. The van der Waals surface area contributed by atoms with Crippen molar-refractivity contribution in [1.82, 2.24) is 4.90 Å². The molecule has 0 spiro atoms. The van der Waals surface area contributed by atoms with E-state index in [1.54, 1.807) is 6.07 Å². The minimum atomic E-state index is -3.35. The normalized spacial score (nSPS) is 24.6. The highest BCUT2D eigenvalue weighted by Crippen LogP contribution is 2.41. The number of rotatable bonds is 8. The average Bonchev–Trinajstić information content (AvgIpc) is 2.55. The third-order valence-corrected chi connectivity index (χ3v) is 6.74. The molecule has 148 valence electrons. The van der Waals surface area contributed by atoms with Crippen LogP contribution in [0, 0.1) is 5.92 Å². The molecule has 2 rings (SSSR count). The molecule has 2 unspecified atom stereocenters. The Balaban J connectivity index is 2.10. The molecule has 6 heteroatoms. The molecule has 1 saturated heterocycles. The minimum Gasteiger partial charge on any atom is -0.303 e. The van der Waals surface area contributed by atoms with Crippen molar-refractivity contribution in [2.45, 2.75) is 58.3 Å². The lowest BCUT2D eigenvalue weighted by Gasteiger charge is -2.45. The molecular formula is C20H33ClN2O2S. The fourth-order valence-corrected chi connectivity index (χ4v) is 4.66. The Morgan fingerprint density at radius 2 is 2.04 bits per heavy atom. The van der Waals surface area contributed by atoms with E-state index in [0.29, 0.717) is 16.6 Å². The number of nitrogens with one attached hydrogen (secondary N) is 1. The Hall–Kier alpha value is -0.780. The topological polar surface area (TPSA) is 49.4 Å². The summed E-state index contributed by atoms with van der Waals surface area (Å²) in [7, 11) is -3.35. The van der Waals surface area contributed by atoms with Crippen molar-refractivity contribution in [2.24, 2.45) is 5.92 Å². The zero-order valence-electron chi connectivity index (χ0n) is 16.5. The van der Waals surface area contributed by atoms with Gasteiger partial charge in [-0.05, 0) is 55.0 Å².